The molecular weight excluding hydrogens is 689 g/mol. The fourth-order valence-electron chi connectivity index (χ4n) is 3.34. The van der Waals surface area contributed by atoms with E-state index in [1.54, 1.807) is 14.0 Å². The Morgan fingerprint density at radius 2 is 0.909 bits per heavy atom. The minimum Gasteiger partial charge on any atom is -0.357 e. The van der Waals surface area contributed by atoms with Crippen molar-refractivity contribution in [3.63, 3.8) is 0 Å². The second kappa shape index (κ2) is 25.0. The van der Waals surface area contributed by atoms with Crippen LogP contribution in [0.1, 0.15) is 13.8 Å². The lowest BCUT2D eigenvalue weighted by molar-refractivity contribution is -0.131. The zero-order valence-corrected chi connectivity index (χ0v) is 30.4. The zero-order valence-electron chi connectivity index (χ0n) is 25.2. The maximum Gasteiger partial charge on any atom is 0.244 e. The normalized spacial score (nSPS) is 15.0. The molecule has 0 aliphatic carbocycles. The highest BCUT2D eigenvalue weighted by Gasteiger charge is 2.30. The molecule has 20 heteroatoms. The van der Waals surface area contributed by atoms with Crippen molar-refractivity contribution in [1.82, 2.24) is 42.5 Å². The number of carbonyl (C=O) groups excluding carboxylic acids is 6. The van der Waals surface area contributed by atoms with Gasteiger partial charge < -0.3 is 42.5 Å². The predicted molar refractivity (Wildman–Crippen MR) is 191 cm³/mol. The van der Waals surface area contributed by atoms with Gasteiger partial charge >= 0.3 is 0 Å². The van der Waals surface area contributed by atoms with Crippen LogP contribution in [-0.2, 0) is 28.8 Å². The Hall–Kier alpha value is -1.16. The van der Waals surface area contributed by atoms with Crippen molar-refractivity contribution in [2.45, 2.75) is 50.1 Å². The lowest BCUT2D eigenvalue weighted by atomic mass is 10.2. The summed E-state index contributed by atoms with van der Waals surface area (Å²) in [6, 6.07) is -5.21. The molecule has 0 bridgehead atoms. The monoisotopic (exact) mass is 734 g/mol. The molecule has 0 rings (SSSR count). The quantitative estimate of drug-likeness (QED) is 0.0302. The third kappa shape index (κ3) is 15.9. The molecule has 44 heavy (non-hydrogen) atoms. The van der Waals surface area contributed by atoms with Gasteiger partial charge in [-0.15, -0.1) is 0 Å². The van der Waals surface area contributed by atoms with Gasteiger partial charge in [-0.1, -0.05) is 28.5 Å². The molecule has 0 saturated carbocycles. The smallest absolute Gasteiger partial charge is 0.244 e. The number of hydrogen-bond donors (Lipinski definition) is 12. The summed E-state index contributed by atoms with van der Waals surface area (Å²) in [6.45, 7) is 4.43. The highest BCUT2D eigenvalue weighted by molar-refractivity contribution is 8.76. The molecule has 0 unspecified atom stereocenters. The summed E-state index contributed by atoms with van der Waals surface area (Å²) in [7, 11) is 5.39. The maximum absolute atomic E-state index is 13.1. The standard InChI is InChI=1S/C24H46N8O6S6/c1-5-27-14(8-40)22(36)30-16(10-42)23(37)31-17(20(34)28-6-2)11-43-44-12-18(32-21(35)13(7-39)25-3)24(38)29-15(9-41)19(33)26-4/h13-18,25,27,39-42H,5-12H2,1-4H3,(H,26,33)(H,28,34)(H,29,38)(H,30,36)(H,31,37)(H,32,35)/t13-,14-,15-,16-,17-,18-/m0/s1. The molecule has 0 aromatic heterocycles. The molecule has 6 amide bonds. The number of nitrogens with one attached hydrogen (secondary N) is 8. The van der Waals surface area contributed by atoms with E-state index < -0.39 is 71.7 Å². The summed E-state index contributed by atoms with van der Waals surface area (Å²) in [6.07, 6.45) is 0. The Morgan fingerprint density at radius 3 is 1.32 bits per heavy atom. The molecule has 8 N–H and O–H groups in total. The first-order valence-electron chi connectivity index (χ1n) is 13.8. The average molecular weight is 735 g/mol. The molecule has 0 spiro atoms. The van der Waals surface area contributed by atoms with Crippen LogP contribution < -0.4 is 42.5 Å². The van der Waals surface area contributed by atoms with Gasteiger partial charge in [-0.2, -0.15) is 50.5 Å². The van der Waals surface area contributed by atoms with Crippen molar-refractivity contribution < 1.29 is 28.8 Å². The summed E-state index contributed by atoms with van der Waals surface area (Å²) in [5.41, 5.74) is 0. The number of thiol groups is 4. The van der Waals surface area contributed by atoms with E-state index in [1.807, 2.05) is 6.92 Å². The van der Waals surface area contributed by atoms with E-state index in [0.29, 0.717) is 13.1 Å². The Bertz CT molecular complexity index is 936. The van der Waals surface area contributed by atoms with Crippen molar-refractivity contribution in [3.05, 3.63) is 0 Å². The Kier molecular flexibility index (Phi) is 24.3. The lowest BCUT2D eigenvalue weighted by Crippen LogP contribution is -2.58. The van der Waals surface area contributed by atoms with Crippen LogP contribution in [0.3, 0.4) is 0 Å². The minimum atomic E-state index is -1.04. The summed E-state index contributed by atoms with van der Waals surface area (Å²) >= 11 is 16.6. The van der Waals surface area contributed by atoms with Crippen molar-refractivity contribution in [2.24, 2.45) is 0 Å². The summed E-state index contributed by atoms with van der Waals surface area (Å²) in [4.78, 5) is 76.2. The van der Waals surface area contributed by atoms with Gasteiger partial charge in [0, 0.05) is 48.1 Å². The molecule has 0 radical (unpaired) electrons. The summed E-state index contributed by atoms with van der Waals surface area (Å²) < 4.78 is 0. The Morgan fingerprint density at radius 1 is 0.523 bits per heavy atom. The Labute approximate surface area is 289 Å². The van der Waals surface area contributed by atoms with Crippen molar-refractivity contribution in [1.29, 1.82) is 0 Å². The second-order valence-corrected chi connectivity index (χ2v) is 13.0. The highest BCUT2D eigenvalue weighted by atomic mass is 33.1. The van der Waals surface area contributed by atoms with Gasteiger partial charge in [0.05, 0.1) is 12.1 Å². The number of rotatable bonds is 23. The highest BCUT2D eigenvalue weighted by Crippen LogP contribution is 2.23. The molecule has 0 aliphatic heterocycles. The Balaban J connectivity index is 5.55. The van der Waals surface area contributed by atoms with E-state index in [-0.39, 0.29) is 34.5 Å². The number of likely N-dealkylation sites (N-methyl/N-ethyl adjacent to an activating group) is 4. The molecule has 0 saturated heterocycles. The van der Waals surface area contributed by atoms with Gasteiger partial charge in [0.25, 0.3) is 0 Å². The van der Waals surface area contributed by atoms with Crippen molar-refractivity contribution in [3.8, 4) is 0 Å². The molecule has 0 fully saturated rings. The molecule has 0 aromatic carbocycles. The second-order valence-electron chi connectivity index (χ2n) is 9.00. The number of carbonyl (C=O) groups is 6. The van der Waals surface area contributed by atoms with E-state index in [1.165, 1.54) is 28.6 Å². The van der Waals surface area contributed by atoms with Crippen LogP contribution in [0.4, 0.5) is 0 Å². The van der Waals surface area contributed by atoms with Crippen LogP contribution in [0.2, 0.25) is 0 Å². The number of amides is 6. The van der Waals surface area contributed by atoms with E-state index in [4.69, 9.17) is 0 Å². The van der Waals surface area contributed by atoms with E-state index in [9.17, 15) is 28.8 Å². The summed E-state index contributed by atoms with van der Waals surface area (Å²) in [5, 5.41) is 21.5. The van der Waals surface area contributed by atoms with Crippen LogP contribution in [-0.4, -0.2) is 133 Å². The topological polar surface area (TPSA) is 199 Å². The fourth-order valence-corrected chi connectivity index (χ4v) is 6.82. The van der Waals surface area contributed by atoms with Crippen molar-refractivity contribution >= 4 is 108 Å². The molecule has 14 nitrogen and oxygen atoms in total. The minimum absolute atomic E-state index is 0.00722. The van der Waals surface area contributed by atoms with Crippen LogP contribution in [0.25, 0.3) is 0 Å². The first kappa shape index (κ1) is 42.8. The average Bonchev–Trinajstić information content (AvgIpc) is 3.01. The third-order valence-corrected chi connectivity index (χ3v) is 9.73. The van der Waals surface area contributed by atoms with Gasteiger partial charge in [0.15, 0.2) is 0 Å². The van der Waals surface area contributed by atoms with Gasteiger partial charge in [-0.05, 0) is 20.5 Å². The van der Waals surface area contributed by atoms with Gasteiger partial charge in [-0.3, -0.25) is 28.8 Å². The molecule has 0 aliphatic rings. The van der Waals surface area contributed by atoms with Gasteiger partial charge in [-0.25, -0.2) is 0 Å². The molecule has 0 aromatic rings. The first-order valence-corrected chi connectivity index (χ1v) is 18.8. The van der Waals surface area contributed by atoms with Gasteiger partial charge in [0.1, 0.15) is 24.2 Å². The van der Waals surface area contributed by atoms with Crippen molar-refractivity contribution in [2.75, 3.05) is 61.7 Å². The van der Waals surface area contributed by atoms with Gasteiger partial charge in [0.2, 0.25) is 35.4 Å². The summed E-state index contributed by atoms with van der Waals surface area (Å²) in [5.74, 6) is -2.34. The molecule has 6 atom stereocenters. The molecular formula is C24H46N8O6S6. The largest absolute Gasteiger partial charge is 0.357 e. The van der Waals surface area contributed by atoms with E-state index in [0.717, 1.165) is 0 Å². The van der Waals surface area contributed by atoms with Crippen LogP contribution in [0, 0.1) is 0 Å². The number of hydrogen-bond acceptors (Lipinski definition) is 14. The van der Waals surface area contributed by atoms with E-state index in [2.05, 4.69) is 93.0 Å². The fraction of sp³-hybridized carbons (Fsp3) is 0.750. The first-order chi connectivity index (χ1) is 21.0. The van der Waals surface area contributed by atoms with Crippen LogP contribution >= 0.6 is 72.1 Å². The van der Waals surface area contributed by atoms with E-state index >= 15 is 0 Å². The van der Waals surface area contributed by atoms with Crippen LogP contribution in [0.5, 0.6) is 0 Å². The molecule has 0 heterocycles. The maximum atomic E-state index is 13.1. The van der Waals surface area contributed by atoms with Crippen LogP contribution in [0.15, 0.2) is 0 Å². The predicted octanol–water partition coefficient (Wildman–Crippen LogP) is -2.53. The lowest BCUT2D eigenvalue weighted by Gasteiger charge is -2.24. The zero-order chi connectivity index (χ0) is 33.7. The molecule has 254 valence electrons. The third-order valence-electron chi connectivity index (χ3n) is 5.84. The SMILES string of the molecule is CCNC(=O)[C@H](CSSC[C@H](NC(=O)[C@H](CS)NC)C(=O)N[C@@H](CS)C(=O)NC)NC(=O)[C@H](CS)NC(=O)[C@H](CS)NCC.